The lowest BCUT2D eigenvalue weighted by atomic mass is 10.0. The molecular weight excluding hydrogens is 266 g/mol. The zero-order chi connectivity index (χ0) is 14.7. The van der Waals surface area contributed by atoms with Gasteiger partial charge < -0.3 is 9.26 Å². The third kappa shape index (κ3) is 3.24. The second-order valence-electron chi connectivity index (χ2n) is 5.37. The fourth-order valence-corrected chi connectivity index (χ4v) is 2.92. The van der Waals surface area contributed by atoms with E-state index in [1.807, 2.05) is 26.0 Å². The molecular formula is C16H21N3O2. The summed E-state index contributed by atoms with van der Waals surface area (Å²) in [5.74, 6) is 2.32. The molecule has 112 valence electrons. The number of hydrogen-bond acceptors (Lipinski definition) is 5. The first kappa shape index (κ1) is 14.1. The molecule has 1 aromatic heterocycles. The summed E-state index contributed by atoms with van der Waals surface area (Å²) >= 11 is 0. The quantitative estimate of drug-likeness (QED) is 0.845. The summed E-state index contributed by atoms with van der Waals surface area (Å²) in [6, 6.07) is 8.84. The van der Waals surface area contributed by atoms with Crippen molar-refractivity contribution in [1.29, 1.82) is 0 Å². The van der Waals surface area contributed by atoms with E-state index in [1.54, 1.807) is 0 Å². The van der Waals surface area contributed by atoms with E-state index in [0.29, 0.717) is 24.4 Å². The Morgan fingerprint density at radius 2 is 2.14 bits per heavy atom. The molecule has 0 bridgehead atoms. The normalized spacial score (nSPS) is 19.0. The average Bonchev–Trinajstić information content (AvgIpc) is 3.10. The molecule has 1 aliphatic rings. The molecule has 2 heterocycles. The Hall–Kier alpha value is -1.88. The fourth-order valence-electron chi connectivity index (χ4n) is 2.92. The van der Waals surface area contributed by atoms with Crippen LogP contribution in [0.1, 0.15) is 43.1 Å². The van der Waals surface area contributed by atoms with E-state index in [9.17, 15) is 0 Å². The lowest BCUT2D eigenvalue weighted by molar-refractivity contribution is 0.212. The van der Waals surface area contributed by atoms with Crippen LogP contribution in [0.4, 0.5) is 0 Å². The van der Waals surface area contributed by atoms with E-state index in [4.69, 9.17) is 9.26 Å². The maximum absolute atomic E-state index is 5.50. The van der Waals surface area contributed by atoms with Crippen molar-refractivity contribution in [1.82, 2.24) is 15.0 Å². The predicted octanol–water partition coefficient (Wildman–Crippen LogP) is 3.11. The van der Waals surface area contributed by atoms with Gasteiger partial charge in [-0.15, -0.1) is 0 Å². The Morgan fingerprint density at radius 3 is 2.81 bits per heavy atom. The van der Waals surface area contributed by atoms with Crippen LogP contribution in [-0.2, 0) is 6.54 Å². The summed E-state index contributed by atoms with van der Waals surface area (Å²) in [6.07, 6.45) is 2.37. The molecule has 5 nitrogen and oxygen atoms in total. The second-order valence-corrected chi connectivity index (χ2v) is 5.37. The van der Waals surface area contributed by atoms with Crippen molar-refractivity contribution >= 4 is 0 Å². The summed E-state index contributed by atoms with van der Waals surface area (Å²) in [4.78, 5) is 6.71. The van der Waals surface area contributed by atoms with Gasteiger partial charge in [-0.05, 0) is 50.9 Å². The number of likely N-dealkylation sites (tertiary alicyclic amines) is 1. The molecule has 1 fully saturated rings. The highest BCUT2D eigenvalue weighted by molar-refractivity contribution is 5.29. The molecule has 0 spiro atoms. The van der Waals surface area contributed by atoms with Crippen molar-refractivity contribution < 1.29 is 9.26 Å². The predicted molar refractivity (Wildman–Crippen MR) is 79.0 cm³/mol. The van der Waals surface area contributed by atoms with Gasteiger partial charge in [0.2, 0.25) is 5.89 Å². The minimum atomic E-state index is 0.424. The second kappa shape index (κ2) is 6.26. The Kier molecular flexibility index (Phi) is 4.20. The molecule has 0 unspecified atom stereocenters. The lowest BCUT2D eigenvalue weighted by Crippen LogP contribution is -2.22. The van der Waals surface area contributed by atoms with Gasteiger partial charge in [-0.1, -0.05) is 17.3 Å². The molecule has 1 aliphatic heterocycles. The van der Waals surface area contributed by atoms with Crippen molar-refractivity contribution in [3.05, 3.63) is 41.5 Å². The van der Waals surface area contributed by atoms with Crippen LogP contribution in [0, 0.1) is 6.92 Å². The van der Waals surface area contributed by atoms with Gasteiger partial charge in [0.15, 0.2) is 5.82 Å². The lowest BCUT2D eigenvalue weighted by Gasteiger charge is -2.23. The van der Waals surface area contributed by atoms with Gasteiger partial charge in [0.05, 0.1) is 13.2 Å². The van der Waals surface area contributed by atoms with Crippen molar-refractivity contribution in [3.63, 3.8) is 0 Å². The van der Waals surface area contributed by atoms with Crippen molar-refractivity contribution in [2.45, 2.75) is 39.3 Å². The Morgan fingerprint density at radius 1 is 1.33 bits per heavy atom. The van der Waals surface area contributed by atoms with Crippen LogP contribution in [0.25, 0.3) is 0 Å². The van der Waals surface area contributed by atoms with Crippen molar-refractivity contribution in [2.75, 3.05) is 13.2 Å². The zero-order valence-corrected chi connectivity index (χ0v) is 12.6. The monoisotopic (exact) mass is 287 g/mol. The standard InChI is InChI=1S/C16H21N3O2/c1-3-20-14-8-6-13(7-9-14)15-5-4-10-19(15)11-16-17-12(2)18-21-16/h6-9,15H,3-5,10-11H2,1-2H3/t15-/m0/s1. The van der Waals surface area contributed by atoms with E-state index < -0.39 is 0 Å². The summed E-state index contributed by atoms with van der Waals surface area (Å²) in [5, 5.41) is 3.86. The van der Waals surface area contributed by atoms with Crippen LogP contribution >= 0.6 is 0 Å². The molecule has 21 heavy (non-hydrogen) atoms. The number of ether oxygens (including phenoxy) is 1. The topological polar surface area (TPSA) is 51.4 Å². The molecule has 3 rings (SSSR count). The molecule has 0 saturated carbocycles. The minimum absolute atomic E-state index is 0.424. The fraction of sp³-hybridized carbons (Fsp3) is 0.500. The molecule has 0 amide bonds. The minimum Gasteiger partial charge on any atom is -0.494 e. The largest absolute Gasteiger partial charge is 0.494 e. The van der Waals surface area contributed by atoms with E-state index in [2.05, 4.69) is 27.2 Å². The third-order valence-electron chi connectivity index (χ3n) is 3.85. The third-order valence-corrected chi connectivity index (χ3v) is 3.85. The summed E-state index contributed by atoms with van der Waals surface area (Å²) in [7, 11) is 0. The average molecular weight is 287 g/mol. The van der Waals surface area contributed by atoms with E-state index in [0.717, 1.165) is 18.8 Å². The van der Waals surface area contributed by atoms with Crippen LogP contribution in [0.5, 0.6) is 5.75 Å². The number of rotatable bonds is 5. The van der Waals surface area contributed by atoms with E-state index in [1.165, 1.54) is 18.4 Å². The summed E-state index contributed by atoms with van der Waals surface area (Å²) in [6.45, 7) is 6.34. The maximum atomic E-state index is 5.50. The van der Waals surface area contributed by atoms with Crippen molar-refractivity contribution in [2.24, 2.45) is 0 Å². The number of benzene rings is 1. The van der Waals surface area contributed by atoms with Gasteiger partial charge >= 0.3 is 0 Å². The number of aryl methyl sites for hydroxylation is 1. The van der Waals surface area contributed by atoms with Crippen LogP contribution in [0.3, 0.4) is 0 Å². The van der Waals surface area contributed by atoms with Gasteiger partial charge in [-0.3, -0.25) is 4.90 Å². The van der Waals surface area contributed by atoms with Gasteiger partial charge in [-0.2, -0.15) is 4.98 Å². The first-order chi connectivity index (χ1) is 10.3. The van der Waals surface area contributed by atoms with Gasteiger partial charge in [0.25, 0.3) is 0 Å². The Balaban J connectivity index is 1.71. The van der Waals surface area contributed by atoms with Gasteiger partial charge in [0, 0.05) is 6.04 Å². The smallest absolute Gasteiger partial charge is 0.240 e. The van der Waals surface area contributed by atoms with Gasteiger partial charge in [0.1, 0.15) is 5.75 Å². The highest BCUT2D eigenvalue weighted by Crippen LogP contribution is 2.33. The Labute approximate surface area is 124 Å². The number of nitrogens with zero attached hydrogens (tertiary/aromatic N) is 3. The van der Waals surface area contributed by atoms with Crippen LogP contribution in [-0.4, -0.2) is 28.2 Å². The highest BCUT2D eigenvalue weighted by Gasteiger charge is 2.27. The molecule has 1 saturated heterocycles. The summed E-state index contributed by atoms with van der Waals surface area (Å²) in [5.41, 5.74) is 1.33. The SMILES string of the molecule is CCOc1ccc([C@@H]2CCCN2Cc2nc(C)no2)cc1. The number of hydrogen-bond donors (Lipinski definition) is 0. The van der Waals surface area contributed by atoms with E-state index in [-0.39, 0.29) is 0 Å². The molecule has 0 N–H and O–H groups in total. The highest BCUT2D eigenvalue weighted by atomic mass is 16.5. The van der Waals surface area contributed by atoms with E-state index >= 15 is 0 Å². The molecule has 0 aliphatic carbocycles. The van der Waals surface area contributed by atoms with Gasteiger partial charge in [-0.25, -0.2) is 0 Å². The zero-order valence-electron chi connectivity index (χ0n) is 12.6. The molecule has 0 radical (unpaired) electrons. The summed E-state index contributed by atoms with van der Waals surface area (Å²) < 4.78 is 10.7. The maximum Gasteiger partial charge on any atom is 0.240 e. The molecule has 2 aromatic rings. The molecule has 5 heteroatoms. The van der Waals surface area contributed by atoms with Crippen LogP contribution in [0.15, 0.2) is 28.8 Å². The Bertz CT molecular complexity index is 579. The number of aromatic nitrogens is 2. The first-order valence-corrected chi connectivity index (χ1v) is 7.52. The van der Waals surface area contributed by atoms with Crippen molar-refractivity contribution in [3.8, 4) is 5.75 Å². The van der Waals surface area contributed by atoms with Crippen LogP contribution in [0.2, 0.25) is 0 Å². The van der Waals surface area contributed by atoms with Crippen LogP contribution < -0.4 is 4.74 Å². The molecule has 1 aromatic carbocycles. The first-order valence-electron chi connectivity index (χ1n) is 7.52. The molecule has 1 atom stereocenters.